The summed E-state index contributed by atoms with van der Waals surface area (Å²) in [6.07, 6.45) is 0.508. The third kappa shape index (κ3) is 3.01. The fourth-order valence-corrected chi connectivity index (χ4v) is 2.45. The number of aromatic amines is 1. The van der Waals surface area contributed by atoms with Crippen molar-refractivity contribution in [2.75, 3.05) is 5.32 Å². The lowest BCUT2D eigenvalue weighted by molar-refractivity contribution is -0.116. The van der Waals surface area contributed by atoms with Gasteiger partial charge in [-0.15, -0.1) is 0 Å². The molecule has 0 aliphatic carbocycles. The van der Waals surface area contributed by atoms with Gasteiger partial charge in [0.25, 0.3) is 0 Å². The fourth-order valence-electron chi connectivity index (χ4n) is 2.45. The highest BCUT2D eigenvalue weighted by molar-refractivity contribution is 5.95. The smallest absolute Gasteiger partial charge is 0.224 e. The summed E-state index contributed by atoms with van der Waals surface area (Å²) in [7, 11) is 0. The number of aromatic nitrogens is 2. The van der Waals surface area contributed by atoms with Crippen LogP contribution in [-0.4, -0.2) is 15.9 Å². The number of hydrogen-bond acceptors (Lipinski definition) is 2. The number of hydrogen-bond donors (Lipinski definition) is 2. The number of H-pyrrole nitrogens is 1. The van der Waals surface area contributed by atoms with E-state index in [1.165, 1.54) is 0 Å². The lowest BCUT2D eigenvalue weighted by Gasteiger charge is -2.10. The van der Waals surface area contributed by atoms with Crippen molar-refractivity contribution in [1.29, 1.82) is 0 Å². The van der Waals surface area contributed by atoms with E-state index in [1.807, 2.05) is 62.4 Å². The number of fused-ring (bicyclic) bond motifs is 1. The van der Waals surface area contributed by atoms with Crippen LogP contribution in [0.5, 0.6) is 0 Å². The Balaban J connectivity index is 1.95. The number of rotatable bonds is 4. The Morgan fingerprint density at radius 1 is 1.14 bits per heavy atom. The third-order valence-electron chi connectivity index (χ3n) is 3.44. The Labute approximate surface area is 129 Å². The van der Waals surface area contributed by atoms with Crippen LogP contribution in [0.4, 0.5) is 5.69 Å². The van der Waals surface area contributed by atoms with Gasteiger partial charge in [-0.1, -0.05) is 38.1 Å². The van der Waals surface area contributed by atoms with Crippen LogP contribution < -0.4 is 5.32 Å². The second-order valence-electron chi connectivity index (χ2n) is 5.79. The van der Waals surface area contributed by atoms with Gasteiger partial charge in [0.2, 0.25) is 5.91 Å². The summed E-state index contributed by atoms with van der Waals surface area (Å²) in [6, 6.07) is 15.6. The van der Waals surface area contributed by atoms with Crippen molar-refractivity contribution in [2.24, 2.45) is 5.92 Å². The van der Waals surface area contributed by atoms with E-state index in [1.54, 1.807) is 0 Å². The van der Waals surface area contributed by atoms with Crippen LogP contribution in [0.25, 0.3) is 22.4 Å². The number of anilines is 1. The molecule has 0 saturated heterocycles. The summed E-state index contributed by atoms with van der Waals surface area (Å²) in [4.78, 5) is 19.9. The first kappa shape index (κ1) is 14.3. The number of benzene rings is 2. The molecule has 0 saturated carbocycles. The van der Waals surface area contributed by atoms with Crippen LogP contribution in [-0.2, 0) is 4.79 Å². The van der Waals surface area contributed by atoms with Gasteiger partial charge in [-0.25, -0.2) is 4.98 Å². The largest absolute Gasteiger partial charge is 0.338 e. The van der Waals surface area contributed by atoms with Gasteiger partial charge in [0, 0.05) is 12.0 Å². The van der Waals surface area contributed by atoms with E-state index < -0.39 is 0 Å². The average Bonchev–Trinajstić information content (AvgIpc) is 2.90. The van der Waals surface area contributed by atoms with E-state index >= 15 is 0 Å². The molecule has 4 heteroatoms. The quantitative estimate of drug-likeness (QED) is 0.757. The summed E-state index contributed by atoms with van der Waals surface area (Å²) in [5.41, 5.74) is 3.59. The highest BCUT2D eigenvalue weighted by atomic mass is 16.1. The molecule has 4 nitrogen and oxygen atoms in total. The second kappa shape index (κ2) is 6.02. The Hall–Kier alpha value is -2.62. The first-order chi connectivity index (χ1) is 10.6. The molecule has 0 aliphatic heterocycles. The summed E-state index contributed by atoms with van der Waals surface area (Å²) in [5.74, 6) is 1.12. The maximum Gasteiger partial charge on any atom is 0.224 e. The van der Waals surface area contributed by atoms with E-state index in [-0.39, 0.29) is 5.91 Å². The van der Waals surface area contributed by atoms with Crippen LogP contribution in [0.15, 0.2) is 48.5 Å². The maximum atomic E-state index is 12.0. The van der Waals surface area contributed by atoms with Gasteiger partial charge in [-0.2, -0.15) is 0 Å². The Kier molecular flexibility index (Phi) is 3.92. The molecule has 1 aromatic heterocycles. The van der Waals surface area contributed by atoms with E-state index in [9.17, 15) is 4.79 Å². The highest BCUT2D eigenvalue weighted by Crippen LogP contribution is 2.27. The summed E-state index contributed by atoms with van der Waals surface area (Å²) >= 11 is 0. The van der Waals surface area contributed by atoms with Crippen molar-refractivity contribution in [1.82, 2.24) is 9.97 Å². The van der Waals surface area contributed by atoms with E-state index in [0.717, 1.165) is 28.1 Å². The molecule has 0 bridgehead atoms. The lowest BCUT2D eigenvalue weighted by atomic mass is 10.1. The third-order valence-corrected chi connectivity index (χ3v) is 3.44. The van der Waals surface area contributed by atoms with Crippen LogP contribution >= 0.6 is 0 Å². The molecule has 0 atom stereocenters. The molecule has 112 valence electrons. The van der Waals surface area contributed by atoms with Crippen molar-refractivity contribution in [3.05, 3.63) is 48.5 Å². The second-order valence-corrected chi connectivity index (χ2v) is 5.79. The molecule has 1 amide bonds. The number of amides is 1. The van der Waals surface area contributed by atoms with Crippen LogP contribution in [0.3, 0.4) is 0 Å². The van der Waals surface area contributed by atoms with E-state index in [4.69, 9.17) is 0 Å². The van der Waals surface area contributed by atoms with Crippen molar-refractivity contribution in [3.8, 4) is 11.4 Å². The zero-order chi connectivity index (χ0) is 15.5. The van der Waals surface area contributed by atoms with Crippen LogP contribution in [0, 0.1) is 5.92 Å². The summed E-state index contributed by atoms with van der Waals surface area (Å²) in [6.45, 7) is 4.06. The maximum absolute atomic E-state index is 12.0. The molecule has 0 aliphatic rings. The Morgan fingerprint density at radius 3 is 2.64 bits per heavy atom. The number of carbonyl (C=O) groups excluding carboxylic acids is 1. The molecule has 0 radical (unpaired) electrons. The monoisotopic (exact) mass is 293 g/mol. The molecule has 0 unspecified atom stereocenters. The molecule has 2 aromatic carbocycles. The SMILES string of the molecule is CC(C)CC(=O)Nc1ccccc1-c1nc2ccccc2[nH]1. The zero-order valence-corrected chi connectivity index (χ0v) is 12.8. The summed E-state index contributed by atoms with van der Waals surface area (Å²) < 4.78 is 0. The summed E-state index contributed by atoms with van der Waals surface area (Å²) in [5, 5.41) is 2.99. The highest BCUT2D eigenvalue weighted by Gasteiger charge is 2.12. The predicted octanol–water partition coefficient (Wildman–Crippen LogP) is 4.21. The Morgan fingerprint density at radius 2 is 1.86 bits per heavy atom. The molecule has 0 fully saturated rings. The normalized spacial score (nSPS) is 11.0. The lowest BCUT2D eigenvalue weighted by Crippen LogP contribution is -2.14. The van der Waals surface area contributed by atoms with E-state index in [0.29, 0.717) is 12.3 Å². The fraction of sp³-hybridized carbons (Fsp3) is 0.222. The van der Waals surface area contributed by atoms with Crippen molar-refractivity contribution < 1.29 is 4.79 Å². The minimum atomic E-state index is 0.0264. The number of carbonyl (C=O) groups is 1. The van der Waals surface area contributed by atoms with Crippen molar-refractivity contribution in [2.45, 2.75) is 20.3 Å². The van der Waals surface area contributed by atoms with Crippen molar-refractivity contribution in [3.63, 3.8) is 0 Å². The molecule has 0 spiro atoms. The molecule has 2 N–H and O–H groups in total. The first-order valence-electron chi connectivity index (χ1n) is 7.47. The molecule has 22 heavy (non-hydrogen) atoms. The molecule has 3 rings (SSSR count). The molecular weight excluding hydrogens is 274 g/mol. The number of para-hydroxylation sites is 3. The van der Waals surface area contributed by atoms with E-state index in [2.05, 4.69) is 15.3 Å². The Bertz CT molecular complexity index is 772. The van der Waals surface area contributed by atoms with Gasteiger partial charge in [0.15, 0.2) is 0 Å². The minimum absolute atomic E-state index is 0.0264. The number of imidazole rings is 1. The zero-order valence-electron chi connectivity index (χ0n) is 12.8. The number of nitrogens with one attached hydrogen (secondary N) is 2. The van der Waals surface area contributed by atoms with Crippen LogP contribution in [0.2, 0.25) is 0 Å². The first-order valence-corrected chi connectivity index (χ1v) is 7.47. The number of nitrogens with zero attached hydrogens (tertiary/aromatic N) is 1. The van der Waals surface area contributed by atoms with Gasteiger partial charge < -0.3 is 10.3 Å². The van der Waals surface area contributed by atoms with Gasteiger partial charge in [0.05, 0.1) is 16.7 Å². The van der Waals surface area contributed by atoms with Crippen LogP contribution in [0.1, 0.15) is 20.3 Å². The van der Waals surface area contributed by atoms with Crippen molar-refractivity contribution >= 4 is 22.6 Å². The standard InChI is InChI=1S/C18H19N3O/c1-12(2)11-17(22)19-14-8-4-3-7-13(14)18-20-15-9-5-6-10-16(15)21-18/h3-10,12H,11H2,1-2H3,(H,19,22)(H,20,21). The minimum Gasteiger partial charge on any atom is -0.338 e. The topological polar surface area (TPSA) is 57.8 Å². The van der Waals surface area contributed by atoms with Gasteiger partial charge in [-0.05, 0) is 30.2 Å². The van der Waals surface area contributed by atoms with Gasteiger partial charge in [0.1, 0.15) is 5.82 Å². The average molecular weight is 293 g/mol. The predicted molar refractivity (Wildman–Crippen MR) is 89.6 cm³/mol. The van der Waals surface area contributed by atoms with Gasteiger partial charge >= 0.3 is 0 Å². The molecular formula is C18H19N3O. The van der Waals surface area contributed by atoms with Gasteiger partial charge in [-0.3, -0.25) is 4.79 Å². The molecule has 1 heterocycles. The molecule has 3 aromatic rings.